The van der Waals surface area contributed by atoms with Crippen molar-refractivity contribution in [2.75, 3.05) is 13.4 Å². The number of hydrogen-bond donors (Lipinski definition) is 0. The molecule has 0 spiro atoms. The van der Waals surface area contributed by atoms with E-state index in [1.807, 2.05) is 48.8 Å². The van der Waals surface area contributed by atoms with Crippen LogP contribution in [0.5, 0.6) is 11.5 Å². The number of ketones is 1. The Hall–Kier alpha value is -3.02. The van der Waals surface area contributed by atoms with Crippen LogP contribution in [0.4, 0.5) is 0 Å². The molecular weight excluding hydrogens is 358 g/mol. The Morgan fingerprint density at radius 2 is 1.96 bits per heavy atom. The van der Waals surface area contributed by atoms with Crippen molar-refractivity contribution in [1.29, 1.82) is 0 Å². The number of aryl methyl sites for hydroxylation is 1. The molecule has 1 aromatic carbocycles. The van der Waals surface area contributed by atoms with Crippen molar-refractivity contribution in [3.05, 3.63) is 53.4 Å². The number of esters is 1. The third-order valence-corrected chi connectivity index (χ3v) is 5.29. The zero-order valence-electron chi connectivity index (χ0n) is 16.1. The van der Waals surface area contributed by atoms with Gasteiger partial charge >= 0.3 is 5.97 Å². The van der Waals surface area contributed by atoms with Gasteiger partial charge in [0.25, 0.3) is 0 Å². The SMILES string of the molecule is Cc1cc(C(=O)COC(=O)C2CC=CCC2)c(C)n1-c1ccc2c(c1)OCO2. The fourth-order valence-electron chi connectivity index (χ4n) is 3.81. The van der Waals surface area contributed by atoms with Crippen LogP contribution in [-0.4, -0.2) is 29.7 Å². The van der Waals surface area contributed by atoms with Crippen molar-refractivity contribution < 1.29 is 23.8 Å². The molecule has 1 unspecified atom stereocenters. The average Bonchev–Trinajstić information content (AvgIpc) is 3.29. The summed E-state index contributed by atoms with van der Waals surface area (Å²) < 4.78 is 18.1. The molecule has 1 atom stereocenters. The van der Waals surface area contributed by atoms with E-state index in [1.54, 1.807) is 0 Å². The van der Waals surface area contributed by atoms with E-state index in [9.17, 15) is 9.59 Å². The maximum Gasteiger partial charge on any atom is 0.309 e. The lowest BCUT2D eigenvalue weighted by Gasteiger charge is -2.16. The highest BCUT2D eigenvalue weighted by molar-refractivity contribution is 5.99. The van der Waals surface area contributed by atoms with Crippen LogP contribution in [0.25, 0.3) is 5.69 Å². The van der Waals surface area contributed by atoms with Crippen molar-refractivity contribution in [3.63, 3.8) is 0 Å². The largest absolute Gasteiger partial charge is 0.457 e. The topological polar surface area (TPSA) is 66.8 Å². The van der Waals surface area contributed by atoms with Gasteiger partial charge in [0.1, 0.15) is 0 Å². The molecule has 0 saturated carbocycles. The van der Waals surface area contributed by atoms with Crippen LogP contribution in [0.3, 0.4) is 0 Å². The summed E-state index contributed by atoms with van der Waals surface area (Å²) in [7, 11) is 0. The number of hydrogen-bond acceptors (Lipinski definition) is 5. The first-order valence-corrected chi connectivity index (χ1v) is 9.48. The molecule has 6 heteroatoms. The summed E-state index contributed by atoms with van der Waals surface area (Å²) in [6.07, 6.45) is 6.41. The van der Waals surface area contributed by atoms with Gasteiger partial charge in [-0.05, 0) is 51.3 Å². The van der Waals surface area contributed by atoms with E-state index >= 15 is 0 Å². The van der Waals surface area contributed by atoms with Crippen LogP contribution in [0.1, 0.15) is 41.0 Å². The minimum absolute atomic E-state index is 0.140. The van der Waals surface area contributed by atoms with E-state index in [-0.39, 0.29) is 31.1 Å². The third-order valence-electron chi connectivity index (χ3n) is 5.29. The van der Waals surface area contributed by atoms with Crippen LogP contribution in [0, 0.1) is 19.8 Å². The van der Waals surface area contributed by atoms with E-state index in [0.29, 0.717) is 23.5 Å². The van der Waals surface area contributed by atoms with Gasteiger partial charge in [-0.3, -0.25) is 9.59 Å². The van der Waals surface area contributed by atoms with Gasteiger partial charge in [-0.15, -0.1) is 0 Å². The molecule has 146 valence electrons. The van der Waals surface area contributed by atoms with Crippen molar-refractivity contribution in [2.24, 2.45) is 5.92 Å². The number of carbonyl (C=O) groups is 2. The maximum atomic E-state index is 12.7. The second-order valence-corrected chi connectivity index (χ2v) is 7.17. The third kappa shape index (κ3) is 3.42. The highest BCUT2D eigenvalue weighted by Crippen LogP contribution is 2.35. The van der Waals surface area contributed by atoms with E-state index in [0.717, 1.165) is 29.9 Å². The fraction of sp³-hybridized carbons (Fsp3) is 0.364. The minimum Gasteiger partial charge on any atom is -0.457 e. The monoisotopic (exact) mass is 381 g/mol. The molecule has 0 radical (unpaired) electrons. The number of aromatic nitrogens is 1. The van der Waals surface area contributed by atoms with Gasteiger partial charge in [-0.1, -0.05) is 12.2 Å². The number of Topliss-reactive ketones (excluding diaryl/α,β-unsaturated/α-hetero) is 1. The number of allylic oxidation sites excluding steroid dienone is 2. The van der Waals surface area contributed by atoms with E-state index in [4.69, 9.17) is 14.2 Å². The Kier molecular flexibility index (Phi) is 4.94. The van der Waals surface area contributed by atoms with Crippen LogP contribution in [0.15, 0.2) is 36.4 Å². The number of rotatable bonds is 5. The Morgan fingerprint density at radius 1 is 1.14 bits per heavy atom. The van der Waals surface area contributed by atoms with Gasteiger partial charge < -0.3 is 18.8 Å². The van der Waals surface area contributed by atoms with Crippen LogP contribution < -0.4 is 9.47 Å². The smallest absolute Gasteiger partial charge is 0.309 e. The van der Waals surface area contributed by atoms with Gasteiger partial charge in [-0.25, -0.2) is 0 Å². The predicted molar refractivity (Wildman–Crippen MR) is 103 cm³/mol. The molecule has 6 nitrogen and oxygen atoms in total. The number of nitrogens with zero attached hydrogens (tertiary/aromatic N) is 1. The first kappa shape index (κ1) is 18.3. The molecule has 2 heterocycles. The number of fused-ring (bicyclic) bond motifs is 1. The lowest BCUT2D eigenvalue weighted by atomic mass is 9.95. The normalized spacial score (nSPS) is 17.6. The zero-order valence-corrected chi connectivity index (χ0v) is 16.1. The van der Waals surface area contributed by atoms with Crippen molar-refractivity contribution in [2.45, 2.75) is 33.1 Å². The summed E-state index contributed by atoms with van der Waals surface area (Å²) in [6, 6.07) is 7.52. The molecule has 1 aliphatic carbocycles. The van der Waals surface area contributed by atoms with Crippen molar-refractivity contribution >= 4 is 11.8 Å². The van der Waals surface area contributed by atoms with Crippen LogP contribution in [0.2, 0.25) is 0 Å². The summed E-state index contributed by atoms with van der Waals surface area (Å²) in [6.45, 7) is 3.81. The Bertz CT molecular complexity index is 956. The predicted octanol–water partition coefficient (Wildman–Crippen LogP) is 3.91. The van der Waals surface area contributed by atoms with Crippen molar-refractivity contribution in [3.8, 4) is 17.2 Å². The van der Waals surface area contributed by atoms with Gasteiger partial charge in [0.15, 0.2) is 18.1 Å². The Morgan fingerprint density at radius 3 is 2.75 bits per heavy atom. The fourth-order valence-corrected chi connectivity index (χ4v) is 3.81. The molecular formula is C22H23NO5. The molecule has 2 aliphatic rings. The summed E-state index contributed by atoms with van der Waals surface area (Å²) in [4.78, 5) is 24.9. The molecule has 28 heavy (non-hydrogen) atoms. The molecule has 2 aromatic rings. The summed E-state index contributed by atoms with van der Waals surface area (Å²) in [5, 5.41) is 0. The summed E-state index contributed by atoms with van der Waals surface area (Å²) in [5.74, 6) is 0.779. The van der Waals surface area contributed by atoms with Gasteiger partial charge in [0.05, 0.1) is 5.92 Å². The van der Waals surface area contributed by atoms with Gasteiger partial charge in [-0.2, -0.15) is 0 Å². The van der Waals surface area contributed by atoms with Gasteiger partial charge in [0.2, 0.25) is 12.6 Å². The first-order valence-electron chi connectivity index (χ1n) is 9.48. The van der Waals surface area contributed by atoms with Crippen LogP contribution in [-0.2, 0) is 9.53 Å². The molecule has 1 aliphatic heterocycles. The first-order chi connectivity index (χ1) is 13.5. The summed E-state index contributed by atoms with van der Waals surface area (Å²) >= 11 is 0. The Balaban J connectivity index is 1.49. The second-order valence-electron chi connectivity index (χ2n) is 7.17. The second kappa shape index (κ2) is 7.54. The van der Waals surface area contributed by atoms with Gasteiger partial charge in [0, 0.05) is 28.7 Å². The van der Waals surface area contributed by atoms with E-state index in [1.165, 1.54) is 0 Å². The molecule has 0 bridgehead atoms. The number of benzene rings is 1. The number of carbonyl (C=O) groups excluding carboxylic acids is 2. The lowest BCUT2D eigenvalue weighted by Crippen LogP contribution is -2.22. The average molecular weight is 381 g/mol. The Labute approximate surface area is 163 Å². The standard InChI is InChI=1S/C22H23NO5/c1-14-10-18(19(24)12-26-22(25)16-6-4-3-5-7-16)15(2)23(14)17-8-9-20-21(11-17)28-13-27-20/h3-4,8-11,16H,5-7,12-13H2,1-2H3. The number of ether oxygens (including phenoxy) is 3. The molecule has 0 fully saturated rings. The maximum absolute atomic E-state index is 12.7. The minimum atomic E-state index is -0.290. The molecule has 0 saturated heterocycles. The molecule has 4 rings (SSSR count). The quantitative estimate of drug-likeness (QED) is 0.446. The summed E-state index contributed by atoms with van der Waals surface area (Å²) in [5.41, 5.74) is 3.18. The lowest BCUT2D eigenvalue weighted by molar-refractivity contribution is -0.147. The highest BCUT2D eigenvalue weighted by atomic mass is 16.7. The molecule has 0 amide bonds. The molecule has 0 N–H and O–H groups in total. The van der Waals surface area contributed by atoms with Crippen molar-refractivity contribution in [1.82, 2.24) is 4.57 Å². The van der Waals surface area contributed by atoms with E-state index < -0.39 is 0 Å². The highest BCUT2D eigenvalue weighted by Gasteiger charge is 2.23. The molecule has 1 aromatic heterocycles. The van der Waals surface area contributed by atoms with E-state index in [2.05, 4.69) is 6.08 Å². The van der Waals surface area contributed by atoms with Crippen LogP contribution >= 0.6 is 0 Å². The zero-order chi connectivity index (χ0) is 19.7.